The van der Waals surface area contributed by atoms with Crippen LogP contribution >= 0.6 is 0 Å². The van der Waals surface area contributed by atoms with Gasteiger partial charge in [0.1, 0.15) is 5.75 Å². The van der Waals surface area contributed by atoms with Crippen LogP contribution < -0.4 is 10.1 Å². The average molecular weight is 250 g/mol. The summed E-state index contributed by atoms with van der Waals surface area (Å²) in [6.45, 7) is 2.13. The molecule has 0 radical (unpaired) electrons. The minimum absolute atomic E-state index is 0.0460. The number of para-hydroxylation sites is 1. The Kier molecular flexibility index (Phi) is 6.87. The van der Waals surface area contributed by atoms with Crippen LogP contribution in [0.25, 0.3) is 0 Å². The summed E-state index contributed by atoms with van der Waals surface area (Å²) in [6, 6.07) is 9.53. The van der Waals surface area contributed by atoms with Crippen molar-refractivity contribution in [1.82, 2.24) is 10.2 Å². The van der Waals surface area contributed by atoms with Crippen LogP contribution in [-0.4, -0.2) is 44.6 Å². The molecular weight excluding hydrogens is 228 g/mol. The molecule has 4 heteroatoms. The first-order chi connectivity index (χ1) is 8.68. The SMILES string of the molecule is CN(C)CCCNC(=O)CCOc1ccccc1. The van der Waals surface area contributed by atoms with Gasteiger partial charge in [-0.05, 0) is 39.2 Å². The molecule has 0 aliphatic heterocycles. The number of rotatable bonds is 8. The van der Waals surface area contributed by atoms with E-state index in [0.717, 1.165) is 25.3 Å². The first kappa shape index (κ1) is 14.5. The van der Waals surface area contributed by atoms with Crippen LogP contribution in [-0.2, 0) is 4.79 Å². The smallest absolute Gasteiger partial charge is 0.223 e. The molecule has 1 amide bonds. The van der Waals surface area contributed by atoms with E-state index in [1.165, 1.54) is 0 Å². The quantitative estimate of drug-likeness (QED) is 0.711. The maximum atomic E-state index is 11.5. The predicted octanol–water partition coefficient (Wildman–Crippen LogP) is 1.52. The van der Waals surface area contributed by atoms with Crippen molar-refractivity contribution in [2.24, 2.45) is 0 Å². The van der Waals surface area contributed by atoms with Crippen molar-refractivity contribution < 1.29 is 9.53 Å². The molecule has 0 saturated heterocycles. The average Bonchev–Trinajstić information content (AvgIpc) is 2.36. The highest BCUT2D eigenvalue weighted by Gasteiger charge is 2.01. The summed E-state index contributed by atoms with van der Waals surface area (Å²) in [5.74, 6) is 0.850. The molecule has 1 aromatic rings. The Bertz CT molecular complexity index is 339. The summed E-state index contributed by atoms with van der Waals surface area (Å²) in [6.07, 6.45) is 1.37. The molecule has 0 saturated carbocycles. The van der Waals surface area contributed by atoms with Gasteiger partial charge in [-0.3, -0.25) is 4.79 Å². The lowest BCUT2D eigenvalue weighted by atomic mass is 10.3. The van der Waals surface area contributed by atoms with E-state index in [1.54, 1.807) is 0 Å². The van der Waals surface area contributed by atoms with Crippen molar-refractivity contribution in [1.29, 1.82) is 0 Å². The third-order valence-corrected chi connectivity index (χ3v) is 2.45. The third kappa shape index (κ3) is 6.91. The van der Waals surface area contributed by atoms with Gasteiger partial charge in [0.2, 0.25) is 5.91 Å². The normalized spacial score (nSPS) is 10.4. The van der Waals surface area contributed by atoms with Crippen molar-refractivity contribution in [3.8, 4) is 5.75 Å². The lowest BCUT2D eigenvalue weighted by Crippen LogP contribution is -2.28. The largest absolute Gasteiger partial charge is 0.493 e. The number of hydrogen-bond donors (Lipinski definition) is 1. The summed E-state index contributed by atoms with van der Waals surface area (Å²) < 4.78 is 5.45. The number of benzene rings is 1. The van der Waals surface area contributed by atoms with Crippen LogP contribution in [0, 0.1) is 0 Å². The van der Waals surface area contributed by atoms with Crippen molar-refractivity contribution in [2.75, 3.05) is 33.8 Å². The van der Waals surface area contributed by atoms with Gasteiger partial charge in [0.15, 0.2) is 0 Å². The zero-order valence-electron chi connectivity index (χ0n) is 11.2. The van der Waals surface area contributed by atoms with Gasteiger partial charge in [0.25, 0.3) is 0 Å². The van der Waals surface area contributed by atoms with Crippen molar-refractivity contribution in [3.63, 3.8) is 0 Å². The molecular formula is C14H22N2O2. The van der Waals surface area contributed by atoms with Gasteiger partial charge in [0.05, 0.1) is 13.0 Å². The topological polar surface area (TPSA) is 41.6 Å². The molecule has 0 bridgehead atoms. The Morgan fingerprint density at radius 3 is 2.67 bits per heavy atom. The van der Waals surface area contributed by atoms with Gasteiger partial charge < -0.3 is 15.0 Å². The number of hydrogen-bond acceptors (Lipinski definition) is 3. The fraction of sp³-hybridized carbons (Fsp3) is 0.500. The summed E-state index contributed by atoms with van der Waals surface area (Å²) in [5, 5.41) is 2.88. The molecule has 1 N–H and O–H groups in total. The fourth-order valence-corrected chi connectivity index (χ4v) is 1.49. The van der Waals surface area contributed by atoms with E-state index in [4.69, 9.17) is 4.74 Å². The number of ether oxygens (including phenoxy) is 1. The van der Waals surface area contributed by atoms with E-state index in [0.29, 0.717) is 13.0 Å². The maximum Gasteiger partial charge on any atom is 0.223 e. The van der Waals surface area contributed by atoms with Gasteiger partial charge in [-0.1, -0.05) is 18.2 Å². The van der Waals surface area contributed by atoms with Crippen molar-refractivity contribution in [2.45, 2.75) is 12.8 Å². The fourth-order valence-electron chi connectivity index (χ4n) is 1.49. The molecule has 100 valence electrons. The molecule has 0 fully saturated rings. The zero-order chi connectivity index (χ0) is 13.2. The molecule has 0 unspecified atom stereocenters. The number of carbonyl (C=O) groups excluding carboxylic acids is 1. The zero-order valence-corrected chi connectivity index (χ0v) is 11.2. The van der Waals surface area contributed by atoms with Crippen LogP contribution in [0.4, 0.5) is 0 Å². The van der Waals surface area contributed by atoms with Gasteiger partial charge in [-0.25, -0.2) is 0 Å². The Balaban J connectivity index is 2.03. The van der Waals surface area contributed by atoms with Gasteiger partial charge in [-0.2, -0.15) is 0 Å². The first-order valence-corrected chi connectivity index (χ1v) is 6.28. The standard InChI is InChI=1S/C14H22N2O2/c1-16(2)11-6-10-15-14(17)9-12-18-13-7-4-3-5-8-13/h3-5,7-8H,6,9-12H2,1-2H3,(H,15,17). The predicted molar refractivity (Wildman–Crippen MR) is 72.7 cm³/mol. The second kappa shape index (κ2) is 8.53. The van der Waals surface area contributed by atoms with Crippen molar-refractivity contribution in [3.05, 3.63) is 30.3 Å². The highest BCUT2D eigenvalue weighted by atomic mass is 16.5. The number of amides is 1. The summed E-state index contributed by atoms with van der Waals surface area (Å²) in [5.41, 5.74) is 0. The maximum absolute atomic E-state index is 11.5. The molecule has 0 aliphatic rings. The van der Waals surface area contributed by atoms with E-state index in [9.17, 15) is 4.79 Å². The van der Waals surface area contributed by atoms with Gasteiger partial charge >= 0.3 is 0 Å². The Morgan fingerprint density at radius 1 is 1.28 bits per heavy atom. The monoisotopic (exact) mass is 250 g/mol. The summed E-state index contributed by atoms with van der Waals surface area (Å²) in [4.78, 5) is 13.6. The molecule has 1 rings (SSSR count). The Morgan fingerprint density at radius 2 is 2.00 bits per heavy atom. The van der Waals surface area contributed by atoms with E-state index in [-0.39, 0.29) is 5.91 Å². The van der Waals surface area contributed by atoms with Crippen LogP contribution in [0.15, 0.2) is 30.3 Å². The molecule has 0 aromatic heterocycles. The second-order valence-electron chi connectivity index (χ2n) is 4.42. The number of nitrogens with zero attached hydrogens (tertiary/aromatic N) is 1. The van der Waals surface area contributed by atoms with Crippen LogP contribution in [0.1, 0.15) is 12.8 Å². The van der Waals surface area contributed by atoms with Crippen LogP contribution in [0.5, 0.6) is 5.75 Å². The highest BCUT2D eigenvalue weighted by Crippen LogP contribution is 2.08. The van der Waals surface area contributed by atoms with Gasteiger partial charge in [-0.15, -0.1) is 0 Å². The summed E-state index contributed by atoms with van der Waals surface area (Å²) >= 11 is 0. The Hall–Kier alpha value is -1.55. The molecule has 1 aromatic carbocycles. The third-order valence-electron chi connectivity index (χ3n) is 2.45. The molecule has 0 spiro atoms. The van der Waals surface area contributed by atoms with E-state index in [1.807, 2.05) is 44.4 Å². The van der Waals surface area contributed by atoms with Crippen LogP contribution in [0.3, 0.4) is 0 Å². The van der Waals surface area contributed by atoms with Crippen molar-refractivity contribution >= 4 is 5.91 Å². The molecule has 18 heavy (non-hydrogen) atoms. The molecule has 0 atom stereocenters. The first-order valence-electron chi connectivity index (χ1n) is 6.28. The Labute approximate surface area is 109 Å². The lowest BCUT2D eigenvalue weighted by Gasteiger charge is -2.10. The molecule has 0 heterocycles. The van der Waals surface area contributed by atoms with Crippen LogP contribution in [0.2, 0.25) is 0 Å². The molecule has 4 nitrogen and oxygen atoms in total. The molecule has 0 aliphatic carbocycles. The van der Waals surface area contributed by atoms with Gasteiger partial charge in [0, 0.05) is 6.54 Å². The minimum Gasteiger partial charge on any atom is -0.493 e. The lowest BCUT2D eigenvalue weighted by molar-refractivity contribution is -0.121. The second-order valence-corrected chi connectivity index (χ2v) is 4.42. The highest BCUT2D eigenvalue weighted by molar-refractivity contribution is 5.75. The van der Waals surface area contributed by atoms with E-state index in [2.05, 4.69) is 10.2 Å². The number of carbonyl (C=O) groups is 1. The minimum atomic E-state index is 0.0460. The van der Waals surface area contributed by atoms with E-state index < -0.39 is 0 Å². The summed E-state index contributed by atoms with van der Waals surface area (Å²) in [7, 11) is 4.05. The number of nitrogens with one attached hydrogen (secondary N) is 1. The van der Waals surface area contributed by atoms with E-state index >= 15 is 0 Å².